The van der Waals surface area contributed by atoms with Crippen LogP contribution in [0.1, 0.15) is 26.1 Å². The van der Waals surface area contributed by atoms with Gasteiger partial charge in [-0.25, -0.2) is 4.98 Å². The molecule has 1 atom stereocenters. The predicted octanol–water partition coefficient (Wildman–Crippen LogP) is 1.54. The van der Waals surface area contributed by atoms with Crippen LogP contribution in [0, 0.1) is 0 Å². The van der Waals surface area contributed by atoms with Crippen LogP contribution in [0.25, 0.3) is 10.9 Å². The monoisotopic (exact) mass is 218 g/mol. The largest absolute Gasteiger partial charge is 0.382 e. The summed E-state index contributed by atoms with van der Waals surface area (Å²) in [6.07, 6.45) is 0.494. The molecular formula is C12H14N2O2. The van der Waals surface area contributed by atoms with Gasteiger partial charge in [-0.2, -0.15) is 0 Å². The SMILES string of the molecule is CCC(C)(O)c1nc2ccccc2c(=O)[nH]1. The minimum atomic E-state index is -1.09. The normalized spacial score (nSPS) is 14.9. The van der Waals surface area contributed by atoms with E-state index in [0.29, 0.717) is 23.1 Å². The average Bonchev–Trinajstić information content (AvgIpc) is 2.29. The first-order chi connectivity index (χ1) is 7.54. The van der Waals surface area contributed by atoms with Crippen molar-refractivity contribution in [1.82, 2.24) is 9.97 Å². The Balaban J connectivity index is 2.72. The summed E-state index contributed by atoms with van der Waals surface area (Å²) in [5, 5.41) is 10.6. The lowest BCUT2D eigenvalue weighted by molar-refractivity contribution is 0.0437. The number of aromatic nitrogens is 2. The molecule has 1 aromatic heterocycles. The van der Waals surface area contributed by atoms with Gasteiger partial charge in [0.05, 0.1) is 10.9 Å². The van der Waals surface area contributed by atoms with E-state index >= 15 is 0 Å². The van der Waals surface area contributed by atoms with Crippen LogP contribution in [0.5, 0.6) is 0 Å². The molecule has 0 fully saturated rings. The van der Waals surface area contributed by atoms with E-state index in [1.54, 1.807) is 25.1 Å². The number of nitrogens with zero attached hydrogens (tertiary/aromatic N) is 1. The number of hydrogen-bond donors (Lipinski definition) is 2. The van der Waals surface area contributed by atoms with Crippen molar-refractivity contribution in [2.75, 3.05) is 0 Å². The van der Waals surface area contributed by atoms with Gasteiger partial charge in [-0.1, -0.05) is 19.1 Å². The van der Waals surface area contributed by atoms with Crippen molar-refractivity contribution in [3.8, 4) is 0 Å². The van der Waals surface area contributed by atoms with E-state index in [1.807, 2.05) is 13.0 Å². The molecule has 0 radical (unpaired) electrons. The summed E-state index contributed by atoms with van der Waals surface area (Å²) in [5.41, 5.74) is -0.701. The lowest BCUT2D eigenvalue weighted by Gasteiger charge is -2.19. The van der Waals surface area contributed by atoms with Gasteiger partial charge in [0.1, 0.15) is 11.4 Å². The second-order valence-corrected chi connectivity index (χ2v) is 4.06. The number of hydrogen-bond acceptors (Lipinski definition) is 3. The highest BCUT2D eigenvalue weighted by Crippen LogP contribution is 2.20. The zero-order chi connectivity index (χ0) is 11.8. The number of rotatable bonds is 2. The number of aromatic amines is 1. The molecule has 0 spiro atoms. The first-order valence-electron chi connectivity index (χ1n) is 5.26. The summed E-state index contributed by atoms with van der Waals surface area (Å²) in [6.45, 7) is 3.48. The minimum Gasteiger partial charge on any atom is -0.382 e. The molecule has 1 unspecified atom stereocenters. The van der Waals surface area contributed by atoms with Gasteiger partial charge >= 0.3 is 0 Å². The summed E-state index contributed by atoms with van der Waals surface area (Å²) in [5.74, 6) is 0.318. The fourth-order valence-corrected chi connectivity index (χ4v) is 1.51. The Labute approximate surface area is 93.0 Å². The van der Waals surface area contributed by atoms with Crippen LogP contribution in [-0.4, -0.2) is 15.1 Å². The smallest absolute Gasteiger partial charge is 0.258 e. The molecule has 0 aliphatic heterocycles. The maximum absolute atomic E-state index is 11.8. The number of benzene rings is 1. The molecule has 4 nitrogen and oxygen atoms in total. The number of aliphatic hydroxyl groups is 1. The average molecular weight is 218 g/mol. The Hall–Kier alpha value is -1.68. The van der Waals surface area contributed by atoms with Crippen LogP contribution < -0.4 is 5.56 Å². The van der Waals surface area contributed by atoms with Gasteiger partial charge in [0.15, 0.2) is 0 Å². The summed E-state index contributed by atoms with van der Waals surface area (Å²) >= 11 is 0. The Morgan fingerprint density at radius 1 is 1.44 bits per heavy atom. The lowest BCUT2D eigenvalue weighted by atomic mass is 10.0. The maximum atomic E-state index is 11.8. The van der Waals surface area contributed by atoms with Gasteiger partial charge in [-0.15, -0.1) is 0 Å². The molecule has 0 amide bonds. The molecule has 0 aliphatic carbocycles. The van der Waals surface area contributed by atoms with Gasteiger partial charge in [0.2, 0.25) is 0 Å². The number of para-hydroxylation sites is 1. The third-order valence-corrected chi connectivity index (χ3v) is 2.81. The quantitative estimate of drug-likeness (QED) is 0.803. The van der Waals surface area contributed by atoms with Crippen molar-refractivity contribution >= 4 is 10.9 Å². The first kappa shape index (κ1) is 10.8. The van der Waals surface area contributed by atoms with Crippen molar-refractivity contribution < 1.29 is 5.11 Å². The molecule has 16 heavy (non-hydrogen) atoms. The van der Waals surface area contributed by atoms with E-state index in [0.717, 1.165) is 0 Å². The highest BCUT2D eigenvalue weighted by Gasteiger charge is 2.24. The van der Waals surface area contributed by atoms with Crippen LogP contribution in [0.3, 0.4) is 0 Å². The second-order valence-electron chi connectivity index (χ2n) is 4.06. The number of nitrogens with one attached hydrogen (secondary N) is 1. The number of fused-ring (bicyclic) bond motifs is 1. The van der Waals surface area contributed by atoms with Crippen molar-refractivity contribution in [2.24, 2.45) is 0 Å². The Bertz CT molecular complexity index is 572. The highest BCUT2D eigenvalue weighted by atomic mass is 16.3. The molecule has 1 aromatic carbocycles. The van der Waals surface area contributed by atoms with E-state index < -0.39 is 5.60 Å². The molecule has 2 N–H and O–H groups in total. The third-order valence-electron chi connectivity index (χ3n) is 2.81. The maximum Gasteiger partial charge on any atom is 0.258 e. The Morgan fingerprint density at radius 3 is 2.81 bits per heavy atom. The molecule has 0 bridgehead atoms. The van der Waals surface area contributed by atoms with Crippen LogP contribution in [0.2, 0.25) is 0 Å². The molecule has 1 heterocycles. The van der Waals surface area contributed by atoms with Gasteiger partial charge in [0, 0.05) is 0 Å². The first-order valence-corrected chi connectivity index (χ1v) is 5.26. The molecule has 84 valence electrons. The molecular weight excluding hydrogens is 204 g/mol. The lowest BCUT2D eigenvalue weighted by Crippen LogP contribution is -2.27. The van der Waals surface area contributed by atoms with E-state index in [2.05, 4.69) is 9.97 Å². The van der Waals surface area contributed by atoms with E-state index in [1.165, 1.54) is 0 Å². The molecule has 0 saturated heterocycles. The van der Waals surface area contributed by atoms with Crippen molar-refractivity contribution in [3.05, 3.63) is 40.4 Å². The minimum absolute atomic E-state index is 0.214. The number of H-pyrrole nitrogens is 1. The zero-order valence-electron chi connectivity index (χ0n) is 9.32. The summed E-state index contributed by atoms with van der Waals surface area (Å²) < 4.78 is 0. The van der Waals surface area contributed by atoms with Gasteiger partial charge in [-0.05, 0) is 25.5 Å². The van der Waals surface area contributed by atoms with Gasteiger partial charge < -0.3 is 10.1 Å². The van der Waals surface area contributed by atoms with Crippen molar-refractivity contribution in [3.63, 3.8) is 0 Å². The zero-order valence-corrected chi connectivity index (χ0v) is 9.32. The van der Waals surface area contributed by atoms with E-state index in [-0.39, 0.29) is 5.56 Å². The van der Waals surface area contributed by atoms with E-state index in [4.69, 9.17) is 0 Å². The molecule has 4 heteroatoms. The van der Waals surface area contributed by atoms with Crippen molar-refractivity contribution in [1.29, 1.82) is 0 Å². The fourth-order valence-electron chi connectivity index (χ4n) is 1.51. The van der Waals surface area contributed by atoms with Crippen LogP contribution >= 0.6 is 0 Å². The Kier molecular flexibility index (Phi) is 2.52. The standard InChI is InChI=1S/C12H14N2O2/c1-3-12(2,16)11-13-9-7-5-4-6-8(9)10(15)14-11/h4-7,16H,3H2,1-2H3,(H,13,14,15). The molecule has 0 saturated carbocycles. The second kappa shape index (κ2) is 3.72. The summed E-state index contributed by atoms with van der Waals surface area (Å²) in [4.78, 5) is 18.7. The molecule has 2 rings (SSSR count). The van der Waals surface area contributed by atoms with Crippen molar-refractivity contribution in [2.45, 2.75) is 25.9 Å². The molecule has 2 aromatic rings. The van der Waals surface area contributed by atoms with Crippen LogP contribution in [-0.2, 0) is 5.60 Å². The molecule has 0 aliphatic rings. The topological polar surface area (TPSA) is 66.0 Å². The van der Waals surface area contributed by atoms with E-state index in [9.17, 15) is 9.90 Å². The summed E-state index contributed by atoms with van der Waals surface area (Å²) in [7, 11) is 0. The summed E-state index contributed by atoms with van der Waals surface area (Å²) in [6, 6.07) is 7.08. The van der Waals surface area contributed by atoms with Crippen LogP contribution in [0.15, 0.2) is 29.1 Å². The predicted molar refractivity (Wildman–Crippen MR) is 62.2 cm³/mol. The van der Waals surface area contributed by atoms with Crippen LogP contribution in [0.4, 0.5) is 0 Å². The Morgan fingerprint density at radius 2 is 2.12 bits per heavy atom. The van der Waals surface area contributed by atoms with Gasteiger partial charge in [-0.3, -0.25) is 4.79 Å². The fraction of sp³-hybridized carbons (Fsp3) is 0.333. The third kappa shape index (κ3) is 1.72. The van der Waals surface area contributed by atoms with Gasteiger partial charge in [0.25, 0.3) is 5.56 Å². The highest BCUT2D eigenvalue weighted by molar-refractivity contribution is 5.77.